The van der Waals surface area contributed by atoms with Gasteiger partial charge in [-0.2, -0.15) is 0 Å². The lowest BCUT2D eigenvalue weighted by molar-refractivity contribution is 0.270. The number of nitrogens with zero attached hydrogens (tertiary/aromatic N) is 5. The van der Waals surface area contributed by atoms with Crippen LogP contribution >= 0.6 is 0 Å². The van der Waals surface area contributed by atoms with Gasteiger partial charge in [-0.25, -0.2) is 9.97 Å². The Labute approximate surface area is 166 Å². The van der Waals surface area contributed by atoms with Crippen molar-refractivity contribution < 1.29 is 5.11 Å². The van der Waals surface area contributed by atoms with Gasteiger partial charge in [-0.15, -0.1) is 0 Å². The van der Waals surface area contributed by atoms with Gasteiger partial charge >= 0.3 is 0 Å². The number of nitrogens with one attached hydrogen (secondary N) is 2. The number of aromatic nitrogens is 3. The molecule has 8 heteroatoms. The van der Waals surface area contributed by atoms with Gasteiger partial charge in [0.1, 0.15) is 17.5 Å². The van der Waals surface area contributed by atoms with E-state index in [9.17, 15) is 5.11 Å². The lowest BCUT2D eigenvalue weighted by Gasteiger charge is -2.31. The van der Waals surface area contributed by atoms with Crippen LogP contribution in [0.15, 0.2) is 24.5 Å². The average molecular weight is 384 g/mol. The summed E-state index contributed by atoms with van der Waals surface area (Å²) in [5.74, 6) is 2.84. The molecule has 1 saturated heterocycles. The number of hydrogen-bond acceptors (Lipinski definition) is 8. The summed E-state index contributed by atoms with van der Waals surface area (Å²) in [4.78, 5) is 18.2. The number of aliphatic hydroxyl groups excluding tert-OH is 1. The molecule has 1 saturated carbocycles. The third-order valence-electron chi connectivity index (χ3n) is 5.49. The lowest BCUT2D eigenvalue weighted by atomic mass is 10.2. The van der Waals surface area contributed by atoms with Crippen LogP contribution in [-0.2, 0) is 0 Å². The van der Waals surface area contributed by atoms with Crippen LogP contribution in [0.5, 0.6) is 0 Å². The van der Waals surface area contributed by atoms with E-state index in [1.165, 1.54) is 12.8 Å². The molecule has 0 unspecified atom stereocenters. The zero-order valence-electron chi connectivity index (χ0n) is 16.6. The van der Waals surface area contributed by atoms with Crippen LogP contribution in [0, 0.1) is 0 Å². The normalized spacial score (nSPS) is 18.0. The molecule has 4 rings (SSSR count). The molecule has 28 heavy (non-hydrogen) atoms. The SMILES string of the molecule is C[C@@H](CO)N(C)c1cc(N2CCNCC2)cc(Nc2cnc(C3CC3)cn2)n1. The number of hydrogen-bond donors (Lipinski definition) is 3. The van der Waals surface area contributed by atoms with Crippen molar-refractivity contribution in [2.45, 2.75) is 31.7 Å². The van der Waals surface area contributed by atoms with Gasteiger partial charge in [-0.1, -0.05) is 0 Å². The first-order valence-corrected chi connectivity index (χ1v) is 10.0. The molecule has 2 fully saturated rings. The Morgan fingerprint density at radius 1 is 1.21 bits per heavy atom. The number of rotatable bonds is 7. The molecule has 8 nitrogen and oxygen atoms in total. The Morgan fingerprint density at radius 3 is 2.64 bits per heavy atom. The zero-order chi connectivity index (χ0) is 19.5. The van der Waals surface area contributed by atoms with Crippen LogP contribution in [0.25, 0.3) is 0 Å². The molecule has 1 aliphatic heterocycles. The highest BCUT2D eigenvalue weighted by Crippen LogP contribution is 2.38. The summed E-state index contributed by atoms with van der Waals surface area (Å²) in [5, 5.41) is 16.2. The van der Waals surface area contributed by atoms with E-state index < -0.39 is 0 Å². The van der Waals surface area contributed by atoms with Gasteiger partial charge in [-0.3, -0.25) is 4.98 Å². The molecule has 2 aromatic rings. The van der Waals surface area contributed by atoms with Gasteiger partial charge in [-0.05, 0) is 19.8 Å². The highest BCUT2D eigenvalue weighted by molar-refractivity contribution is 5.65. The topological polar surface area (TPSA) is 89.4 Å². The van der Waals surface area contributed by atoms with E-state index in [4.69, 9.17) is 4.98 Å². The maximum absolute atomic E-state index is 9.54. The molecule has 0 radical (unpaired) electrons. The molecule has 2 aromatic heterocycles. The van der Waals surface area contributed by atoms with Crippen molar-refractivity contribution in [3.05, 3.63) is 30.2 Å². The first-order chi connectivity index (χ1) is 13.6. The zero-order valence-corrected chi connectivity index (χ0v) is 16.6. The van der Waals surface area contributed by atoms with Crippen molar-refractivity contribution in [2.24, 2.45) is 0 Å². The summed E-state index contributed by atoms with van der Waals surface area (Å²) < 4.78 is 0. The maximum atomic E-state index is 9.54. The van der Waals surface area contributed by atoms with Crippen LogP contribution in [0.4, 0.5) is 23.1 Å². The van der Waals surface area contributed by atoms with Gasteiger partial charge < -0.3 is 25.5 Å². The molecule has 0 bridgehead atoms. The predicted octanol–water partition coefficient (Wildman–Crippen LogP) is 1.72. The van der Waals surface area contributed by atoms with E-state index in [0.717, 1.165) is 49.2 Å². The van der Waals surface area contributed by atoms with Crippen molar-refractivity contribution in [1.29, 1.82) is 0 Å². The molecule has 3 heterocycles. The summed E-state index contributed by atoms with van der Waals surface area (Å²) in [6, 6.07) is 4.13. The first-order valence-electron chi connectivity index (χ1n) is 10.0. The number of anilines is 4. The minimum Gasteiger partial charge on any atom is -0.394 e. The largest absolute Gasteiger partial charge is 0.394 e. The van der Waals surface area contributed by atoms with Crippen LogP contribution in [-0.4, -0.2) is 65.9 Å². The molecular weight excluding hydrogens is 354 g/mol. The molecule has 0 aromatic carbocycles. The number of piperazine rings is 1. The van der Waals surface area contributed by atoms with Crippen LogP contribution < -0.4 is 20.4 Å². The fraction of sp³-hybridized carbons (Fsp3) is 0.550. The van der Waals surface area contributed by atoms with E-state index in [-0.39, 0.29) is 12.6 Å². The molecule has 3 N–H and O–H groups in total. The Bertz CT molecular complexity index is 767. The molecule has 2 aliphatic rings. The van der Waals surface area contributed by atoms with Gasteiger partial charge in [0.2, 0.25) is 0 Å². The van der Waals surface area contributed by atoms with E-state index in [0.29, 0.717) is 11.7 Å². The maximum Gasteiger partial charge on any atom is 0.150 e. The van der Waals surface area contributed by atoms with Crippen molar-refractivity contribution in [2.75, 3.05) is 55.0 Å². The average Bonchev–Trinajstić information content (AvgIpc) is 3.59. The quantitative estimate of drug-likeness (QED) is 0.666. The predicted molar refractivity (Wildman–Crippen MR) is 112 cm³/mol. The lowest BCUT2D eigenvalue weighted by Crippen LogP contribution is -2.43. The fourth-order valence-electron chi connectivity index (χ4n) is 3.32. The van der Waals surface area contributed by atoms with Crippen molar-refractivity contribution in [3.63, 3.8) is 0 Å². The third-order valence-corrected chi connectivity index (χ3v) is 5.49. The third kappa shape index (κ3) is 4.34. The Hall–Kier alpha value is -2.45. The molecule has 0 spiro atoms. The van der Waals surface area contributed by atoms with E-state index in [2.05, 4.69) is 37.6 Å². The molecule has 1 aliphatic carbocycles. The Kier molecular flexibility index (Phi) is 5.59. The monoisotopic (exact) mass is 383 g/mol. The van der Waals surface area contributed by atoms with Crippen LogP contribution in [0.2, 0.25) is 0 Å². The van der Waals surface area contributed by atoms with Crippen molar-refractivity contribution in [3.8, 4) is 0 Å². The van der Waals surface area contributed by atoms with Crippen molar-refractivity contribution >= 4 is 23.1 Å². The molecule has 1 atom stereocenters. The summed E-state index contributed by atoms with van der Waals surface area (Å²) in [6.45, 7) is 5.91. The number of pyridine rings is 1. The summed E-state index contributed by atoms with van der Waals surface area (Å²) in [7, 11) is 1.96. The van der Waals surface area contributed by atoms with Gasteiger partial charge in [0.15, 0.2) is 0 Å². The highest BCUT2D eigenvalue weighted by Gasteiger charge is 2.25. The van der Waals surface area contributed by atoms with Crippen LogP contribution in [0.1, 0.15) is 31.4 Å². The van der Waals surface area contributed by atoms with Gasteiger partial charge in [0.05, 0.1) is 30.7 Å². The first kappa shape index (κ1) is 18.9. The minimum absolute atomic E-state index is 0.0174. The molecule has 150 valence electrons. The Balaban J connectivity index is 1.60. The van der Waals surface area contributed by atoms with E-state index in [1.54, 1.807) is 6.20 Å². The standard InChI is InChI=1S/C20H29N7O/c1-14(13-28)26(2)20-10-16(27-7-5-21-6-8-27)9-18(25-20)24-19-12-22-17(11-23-19)15-3-4-15/h9-12,14-15,21,28H,3-8,13H2,1-2H3,(H,23,24,25)/t14-/m0/s1. The fourth-order valence-corrected chi connectivity index (χ4v) is 3.32. The van der Waals surface area contributed by atoms with Crippen molar-refractivity contribution in [1.82, 2.24) is 20.3 Å². The molecule has 0 amide bonds. The molecular formula is C20H29N7O. The van der Waals surface area contributed by atoms with E-state index >= 15 is 0 Å². The Morgan fingerprint density at radius 2 is 2.00 bits per heavy atom. The van der Waals surface area contributed by atoms with Crippen LogP contribution in [0.3, 0.4) is 0 Å². The summed E-state index contributed by atoms with van der Waals surface area (Å²) in [5.41, 5.74) is 2.19. The van der Waals surface area contributed by atoms with Gasteiger partial charge in [0.25, 0.3) is 0 Å². The highest BCUT2D eigenvalue weighted by atomic mass is 16.3. The second kappa shape index (κ2) is 8.28. The smallest absolute Gasteiger partial charge is 0.150 e. The summed E-state index contributed by atoms with van der Waals surface area (Å²) in [6.07, 6.45) is 6.08. The van der Waals surface area contributed by atoms with Gasteiger partial charge in [0, 0.05) is 57.0 Å². The summed E-state index contributed by atoms with van der Waals surface area (Å²) >= 11 is 0. The second-order valence-corrected chi connectivity index (χ2v) is 7.67. The second-order valence-electron chi connectivity index (χ2n) is 7.67. The van der Waals surface area contributed by atoms with E-state index in [1.807, 2.05) is 25.1 Å². The minimum atomic E-state index is -0.0174. The number of aliphatic hydroxyl groups is 1. The number of likely N-dealkylation sites (N-methyl/N-ethyl adjacent to an activating group) is 1.